The number of alkyl halides is 3. The number of para-hydroxylation sites is 1. The van der Waals surface area contributed by atoms with Crippen LogP contribution in [0, 0.1) is 5.92 Å². The fourth-order valence-electron chi connectivity index (χ4n) is 4.46. The maximum Gasteiger partial charge on any atom is 0.416 e. The van der Waals surface area contributed by atoms with Gasteiger partial charge in [-0.1, -0.05) is 25.1 Å². The van der Waals surface area contributed by atoms with Gasteiger partial charge in [-0.2, -0.15) is 13.2 Å². The summed E-state index contributed by atoms with van der Waals surface area (Å²) in [6.07, 6.45) is -4.84. The zero-order chi connectivity index (χ0) is 28.9. The first kappa shape index (κ1) is 30.2. The third kappa shape index (κ3) is 7.86. The summed E-state index contributed by atoms with van der Waals surface area (Å²) in [6, 6.07) is 8.97. The Hall–Kier alpha value is -3.31. The second-order valence-corrected chi connectivity index (χ2v) is 10.4. The molecule has 214 valence electrons. The van der Waals surface area contributed by atoms with E-state index >= 15 is 0 Å². The zero-order valence-corrected chi connectivity index (χ0v) is 22.9. The number of rotatable bonds is 8. The second-order valence-electron chi connectivity index (χ2n) is 10.4. The molecule has 2 aromatic carbocycles. The van der Waals surface area contributed by atoms with Crippen molar-refractivity contribution >= 4 is 17.6 Å². The van der Waals surface area contributed by atoms with Crippen molar-refractivity contribution in [2.24, 2.45) is 5.92 Å². The van der Waals surface area contributed by atoms with Crippen molar-refractivity contribution in [3.63, 3.8) is 0 Å². The lowest BCUT2D eigenvalue weighted by atomic mass is 9.98. The number of ether oxygens (including phenoxy) is 1. The summed E-state index contributed by atoms with van der Waals surface area (Å²) in [5, 5.41) is 15.4. The number of aliphatic hydroxyl groups is 1. The Balaban J connectivity index is 1.90. The zero-order valence-electron chi connectivity index (χ0n) is 22.9. The highest BCUT2D eigenvalue weighted by Crippen LogP contribution is 2.35. The Labute approximate surface area is 227 Å². The third-order valence-corrected chi connectivity index (χ3v) is 6.58. The molecule has 0 spiro atoms. The molecule has 1 aliphatic rings. The first-order valence-corrected chi connectivity index (χ1v) is 12.9. The molecule has 1 heterocycles. The highest BCUT2D eigenvalue weighted by atomic mass is 19.4. The first-order chi connectivity index (χ1) is 18.3. The van der Waals surface area contributed by atoms with Gasteiger partial charge in [-0.3, -0.25) is 9.69 Å². The Morgan fingerprint density at radius 1 is 1.18 bits per heavy atom. The fourth-order valence-corrected chi connectivity index (χ4v) is 4.46. The van der Waals surface area contributed by atoms with Crippen LogP contribution in [0.15, 0.2) is 42.5 Å². The number of aliphatic hydroxyl groups excluding tert-OH is 1. The van der Waals surface area contributed by atoms with Crippen LogP contribution in [-0.4, -0.2) is 71.8 Å². The number of amides is 3. The Bertz CT molecular complexity index is 1140. The third-order valence-electron chi connectivity index (χ3n) is 6.58. The highest BCUT2D eigenvalue weighted by Gasteiger charge is 2.35. The quantitative estimate of drug-likeness (QED) is 0.447. The molecule has 0 aromatic heterocycles. The summed E-state index contributed by atoms with van der Waals surface area (Å²) >= 11 is 0. The van der Waals surface area contributed by atoms with Crippen LogP contribution in [0.25, 0.3) is 0 Å². The molecule has 0 bridgehead atoms. The van der Waals surface area contributed by atoms with E-state index in [-0.39, 0.29) is 35.8 Å². The van der Waals surface area contributed by atoms with Crippen LogP contribution in [0.2, 0.25) is 0 Å². The van der Waals surface area contributed by atoms with E-state index in [1.54, 1.807) is 30.0 Å². The number of likely N-dealkylation sites (N-methyl/N-ethyl adjacent to an activating group) is 1. The summed E-state index contributed by atoms with van der Waals surface area (Å²) < 4.78 is 45.3. The summed E-state index contributed by atoms with van der Waals surface area (Å²) in [4.78, 5) is 29.6. The van der Waals surface area contributed by atoms with Crippen molar-refractivity contribution in [1.82, 2.24) is 15.1 Å². The molecular formula is C28H37F3N4O4. The molecule has 11 heteroatoms. The molecule has 39 heavy (non-hydrogen) atoms. The van der Waals surface area contributed by atoms with Crippen LogP contribution < -0.4 is 15.4 Å². The van der Waals surface area contributed by atoms with Gasteiger partial charge in [0, 0.05) is 31.6 Å². The molecule has 2 aromatic rings. The fraction of sp³-hybridized carbons (Fsp3) is 0.500. The van der Waals surface area contributed by atoms with Crippen LogP contribution in [0.5, 0.6) is 5.75 Å². The number of nitrogens with one attached hydrogen (secondary N) is 2. The minimum atomic E-state index is -4.40. The van der Waals surface area contributed by atoms with E-state index in [2.05, 4.69) is 10.6 Å². The first-order valence-electron chi connectivity index (χ1n) is 12.9. The standard InChI is InChI=1S/C28H37F3N4O4/c1-17(2)32-27(38)33-23-8-6-7-22-25(23)39-24(18(3)13-35(26(22)37)19(4)16-36)15-34(5)14-20-9-11-21(12-10-20)28(29,30)31/h6-12,17-19,24,36H,13-16H2,1-5H3,(H2,32,33,38)/t18-,19-,24+/m1/s1. The molecule has 3 rings (SSSR count). The van der Waals surface area contributed by atoms with Crippen molar-refractivity contribution in [1.29, 1.82) is 0 Å². The van der Waals surface area contributed by atoms with Gasteiger partial charge in [-0.25, -0.2) is 4.79 Å². The number of hydrogen-bond donors (Lipinski definition) is 3. The minimum Gasteiger partial charge on any atom is -0.486 e. The van der Waals surface area contributed by atoms with Crippen molar-refractivity contribution in [3.8, 4) is 5.75 Å². The maximum atomic E-state index is 13.5. The SMILES string of the molecule is CC(C)NC(=O)Nc1cccc2c1O[C@@H](CN(C)Cc1ccc(C(F)(F)F)cc1)[C@H](C)CN([C@H](C)CO)C2=O. The van der Waals surface area contributed by atoms with Gasteiger partial charge in [0.15, 0.2) is 5.75 Å². The number of urea groups is 1. The van der Waals surface area contributed by atoms with Crippen LogP contribution in [0.1, 0.15) is 49.2 Å². The highest BCUT2D eigenvalue weighted by molar-refractivity contribution is 6.01. The van der Waals surface area contributed by atoms with Crippen molar-refractivity contribution < 1.29 is 32.6 Å². The maximum absolute atomic E-state index is 13.5. The molecule has 0 saturated carbocycles. The molecule has 3 atom stereocenters. The van der Waals surface area contributed by atoms with Crippen LogP contribution >= 0.6 is 0 Å². The van der Waals surface area contributed by atoms with Gasteiger partial charge < -0.3 is 25.4 Å². The summed E-state index contributed by atoms with van der Waals surface area (Å²) in [7, 11) is 1.84. The summed E-state index contributed by atoms with van der Waals surface area (Å²) in [5.74, 6) is -0.261. The summed E-state index contributed by atoms with van der Waals surface area (Å²) in [6.45, 7) is 8.23. The van der Waals surface area contributed by atoms with E-state index in [0.717, 1.165) is 12.1 Å². The Kier molecular flexibility index (Phi) is 9.84. The summed E-state index contributed by atoms with van der Waals surface area (Å²) in [5.41, 5.74) is 0.606. The van der Waals surface area contributed by atoms with Crippen molar-refractivity contribution in [2.75, 3.05) is 32.1 Å². The van der Waals surface area contributed by atoms with E-state index in [4.69, 9.17) is 4.74 Å². The molecule has 0 saturated heterocycles. The molecular weight excluding hydrogens is 513 g/mol. The number of benzene rings is 2. The Morgan fingerprint density at radius 3 is 2.44 bits per heavy atom. The van der Waals surface area contributed by atoms with Gasteiger partial charge in [0.2, 0.25) is 0 Å². The number of anilines is 1. The normalized spacial score (nSPS) is 18.7. The second kappa shape index (κ2) is 12.7. The number of nitrogens with zero attached hydrogens (tertiary/aromatic N) is 2. The van der Waals surface area contributed by atoms with Crippen molar-refractivity contribution in [2.45, 2.75) is 58.6 Å². The largest absolute Gasteiger partial charge is 0.486 e. The number of carbonyl (C=O) groups excluding carboxylic acids is 2. The molecule has 0 radical (unpaired) electrons. The van der Waals surface area contributed by atoms with Gasteiger partial charge in [0.1, 0.15) is 6.10 Å². The molecule has 0 fully saturated rings. The number of hydrogen-bond acceptors (Lipinski definition) is 5. The molecule has 1 aliphatic heterocycles. The van der Waals surface area contributed by atoms with Gasteiger partial charge in [0.05, 0.1) is 29.5 Å². The lowest BCUT2D eigenvalue weighted by Gasteiger charge is -2.38. The molecule has 3 amide bonds. The predicted molar refractivity (Wildman–Crippen MR) is 143 cm³/mol. The molecule has 0 unspecified atom stereocenters. The van der Waals surface area contributed by atoms with Gasteiger partial charge in [0.25, 0.3) is 5.91 Å². The minimum absolute atomic E-state index is 0.106. The van der Waals surface area contributed by atoms with Gasteiger partial charge in [-0.15, -0.1) is 0 Å². The molecule has 0 aliphatic carbocycles. The van der Waals surface area contributed by atoms with Crippen LogP contribution in [0.3, 0.4) is 0 Å². The number of fused-ring (bicyclic) bond motifs is 1. The number of carbonyl (C=O) groups is 2. The van der Waals surface area contributed by atoms with Crippen molar-refractivity contribution in [3.05, 3.63) is 59.2 Å². The Morgan fingerprint density at radius 2 is 1.85 bits per heavy atom. The van der Waals surface area contributed by atoms with Crippen LogP contribution in [0.4, 0.5) is 23.7 Å². The van der Waals surface area contributed by atoms with Gasteiger partial charge >= 0.3 is 12.2 Å². The predicted octanol–water partition coefficient (Wildman–Crippen LogP) is 4.59. The average Bonchev–Trinajstić information content (AvgIpc) is 2.85. The van der Waals surface area contributed by atoms with Gasteiger partial charge in [-0.05, 0) is 57.6 Å². The van der Waals surface area contributed by atoms with E-state index in [9.17, 15) is 27.9 Å². The topological polar surface area (TPSA) is 94.1 Å². The lowest BCUT2D eigenvalue weighted by Crippen LogP contribution is -2.49. The molecule has 8 nitrogen and oxygen atoms in total. The average molecular weight is 551 g/mol. The monoisotopic (exact) mass is 550 g/mol. The molecule has 3 N–H and O–H groups in total. The van der Waals surface area contributed by atoms with E-state index < -0.39 is 29.9 Å². The lowest BCUT2D eigenvalue weighted by molar-refractivity contribution is -0.137. The van der Waals surface area contributed by atoms with E-state index in [0.29, 0.717) is 30.9 Å². The number of halogens is 3. The van der Waals surface area contributed by atoms with Crippen LogP contribution in [-0.2, 0) is 12.7 Å². The van der Waals surface area contributed by atoms with E-state index in [1.165, 1.54) is 12.1 Å². The smallest absolute Gasteiger partial charge is 0.416 e. The van der Waals surface area contributed by atoms with E-state index in [1.807, 2.05) is 32.7 Å².